The SMILES string of the molecule is CS(=O)(=O)NC1CCCN(C(=O)Cc2ccc(F)cc2-c2c(F)cccc2F)CC1. The van der Waals surface area contributed by atoms with Gasteiger partial charge in [-0.05, 0) is 54.7 Å². The molecule has 0 radical (unpaired) electrons. The van der Waals surface area contributed by atoms with E-state index in [-0.39, 0.29) is 29.5 Å². The molecule has 2 aromatic carbocycles. The zero-order valence-corrected chi connectivity index (χ0v) is 17.3. The van der Waals surface area contributed by atoms with E-state index in [2.05, 4.69) is 4.72 Å². The van der Waals surface area contributed by atoms with Gasteiger partial charge in [0.2, 0.25) is 15.9 Å². The second kappa shape index (κ2) is 9.18. The van der Waals surface area contributed by atoms with E-state index < -0.39 is 27.5 Å². The van der Waals surface area contributed by atoms with Crippen LogP contribution in [0.2, 0.25) is 0 Å². The molecule has 9 heteroatoms. The third kappa shape index (κ3) is 5.60. The summed E-state index contributed by atoms with van der Waals surface area (Å²) in [6, 6.07) is 6.68. The number of rotatable bonds is 5. The average molecular weight is 440 g/mol. The summed E-state index contributed by atoms with van der Waals surface area (Å²) in [7, 11) is -3.33. The van der Waals surface area contributed by atoms with Gasteiger partial charge in [0.25, 0.3) is 0 Å². The van der Waals surface area contributed by atoms with E-state index in [0.717, 1.165) is 30.5 Å². The Morgan fingerprint density at radius 3 is 2.47 bits per heavy atom. The molecule has 0 bridgehead atoms. The number of sulfonamides is 1. The minimum absolute atomic E-state index is 0.00499. The van der Waals surface area contributed by atoms with Crippen LogP contribution in [0.25, 0.3) is 11.1 Å². The fraction of sp³-hybridized carbons (Fsp3) is 0.381. The second-order valence-corrected chi connectivity index (χ2v) is 9.25. The van der Waals surface area contributed by atoms with Crippen LogP contribution in [0.1, 0.15) is 24.8 Å². The van der Waals surface area contributed by atoms with Crippen molar-refractivity contribution in [3.8, 4) is 11.1 Å². The van der Waals surface area contributed by atoms with Gasteiger partial charge in [-0.15, -0.1) is 0 Å². The van der Waals surface area contributed by atoms with Gasteiger partial charge in [0.1, 0.15) is 17.5 Å². The topological polar surface area (TPSA) is 66.5 Å². The lowest BCUT2D eigenvalue weighted by molar-refractivity contribution is -0.130. The molecule has 1 atom stereocenters. The number of carbonyl (C=O) groups is 1. The van der Waals surface area contributed by atoms with Crippen LogP contribution >= 0.6 is 0 Å². The van der Waals surface area contributed by atoms with Crippen LogP contribution in [0.5, 0.6) is 0 Å². The molecule has 1 aliphatic rings. The zero-order chi connectivity index (χ0) is 21.9. The van der Waals surface area contributed by atoms with Gasteiger partial charge in [0.15, 0.2) is 0 Å². The normalized spacial score (nSPS) is 17.6. The molecule has 1 amide bonds. The van der Waals surface area contributed by atoms with Crippen molar-refractivity contribution in [2.24, 2.45) is 0 Å². The molecule has 1 fully saturated rings. The van der Waals surface area contributed by atoms with Gasteiger partial charge in [-0.25, -0.2) is 26.3 Å². The summed E-state index contributed by atoms with van der Waals surface area (Å²) in [5, 5.41) is 0. The predicted molar refractivity (Wildman–Crippen MR) is 108 cm³/mol. The average Bonchev–Trinajstić information content (AvgIpc) is 2.88. The highest BCUT2D eigenvalue weighted by Gasteiger charge is 2.24. The minimum atomic E-state index is -3.33. The molecular formula is C21H23F3N2O3S. The molecule has 1 saturated heterocycles. The lowest BCUT2D eigenvalue weighted by Gasteiger charge is -2.22. The van der Waals surface area contributed by atoms with E-state index in [1.54, 1.807) is 4.90 Å². The number of halogens is 3. The summed E-state index contributed by atoms with van der Waals surface area (Å²) in [6.07, 6.45) is 2.65. The lowest BCUT2D eigenvalue weighted by atomic mass is 9.96. The number of nitrogens with one attached hydrogen (secondary N) is 1. The summed E-state index contributed by atoms with van der Waals surface area (Å²) in [5.74, 6) is -2.59. The van der Waals surface area contributed by atoms with E-state index in [0.29, 0.717) is 37.9 Å². The number of hydrogen-bond donors (Lipinski definition) is 1. The van der Waals surface area contributed by atoms with Crippen molar-refractivity contribution in [1.82, 2.24) is 9.62 Å². The fourth-order valence-corrected chi connectivity index (χ4v) is 4.57. The molecule has 1 unspecified atom stereocenters. The van der Waals surface area contributed by atoms with Crippen LogP contribution in [-0.4, -0.2) is 44.6 Å². The molecule has 3 rings (SSSR count). The Labute approximate surface area is 173 Å². The Morgan fingerprint density at radius 2 is 1.80 bits per heavy atom. The molecule has 1 aliphatic heterocycles. The first kappa shape index (κ1) is 22.3. The molecule has 1 N–H and O–H groups in total. The molecular weight excluding hydrogens is 417 g/mol. The maximum atomic E-state index is 14.3. The highest BCUT2D eigenvalue weighted by molar-refractivity contribution is 7.88. The molecule has 2 aromatic rings. The van der Waals surface area contributed by atoms with Crippen LogP contribution in [-0.2, 0) is 21.2 Å². The molecule has 0 aromatic heterocycles. The maximum Gasteiger partial charge on any atom is 0.227 e. The Balaban J connectivity index is 1.79. The van der Waals surface area contributed by atoms with Gasteiger partial charge in [-0.1, -0.05) is 12.1 Å². The summed E-state index contributed by atoms with van der Waals surface area (Å²) >= 11 is 0. The van der Waals surface area contributed by atoms with E-state index in [1.165, 1.54) is 12.1 Å². The van der Waals surface area contributed by atoms with E-state index in [9.17, 15) is 26.4 Å². The van der Waals surface area contributed by atoms with Crippen LogP contribution in [0.4, 0.5) is 13.2 Å². The van der Waals surface area contributed by atoms with Crippen molar-refractivity contribution >= 4 is 15.9 Å². The van der Waals surface area contributed by atoms with Crippen molar-refractivity contribution < 1.29 is 26.4 Å². The standard InChI is InChI=1S/C21H23F3N2O3S/c1-30(28,29)25-16-4-3-10-26(11-9-16)20(27)12-14-7-8-15(22)13-17(14)21-18(23)5-2-6-19(21)24/h2,5-8,13,16,25H,3-4,9-12H2,1H3. The number of carbonyl (C=O) groups excluding carboxylic acids is 1. The first-order valence-electron chi connectivity index (χ1n) is 9.62. The molecule has 0 aliphatic carbocycles. The van der Waals surface area contributed by atoms with Gasteiger partial charge in [-0.2, -0.15) is 0 Å². The number of benzene rings is 2. The van der Waals surface area contributed by atoms with E-state index >= 15 is 0 Å². The van der Waals surface area contributed by atoms with Crippen LogP contribution < -0.4 is 4.72 Å². The highest BCUT2D eigenvalue weighted by Crippen LogP contribution is 2.30. The zero-order valence-electron chi connectivity index (χ0n) is 16.5. The number of amides is 1. The van der Waals surface area contributed by atoms with Gasteiger partial charge in [0.05, 0.1) is 18.2 Å². The molecule has 1 heterocycles. The lowest BCUT2D eigenvalue weighted by Crippen LogP contribution is -2.36. The summed E-state index contributed by atoms with van der Waals surface area (Å²) in [5.41, 5.74) is -0.0427. The molecule has 0 saturated carbocycles. The Hall–Kier alpha value is -2.39. The maximum absolute atomic E-state index is 14.3. The monoisotopic (exact) mass is 440 g/mol. The van der Waals surface area contributed by atoms with Gasteiger partial charge in [-0.3, -0.25) is 4.79 Å². The van der Waals surface area contributed by atoms with Crippen molar-refractivity contribution in [1.29, 1.82) is 0 Å². The Bertz CT molecular complexity index is 1020. The highest BCUT2D eigenvalue weighted by atomic mass is 32.2. The summed E-state index contributed by atoms with van der Waals surface area (Å²) in [6.45, 7) is 0.808. The second-order valence-electron chi connectivity index (χ2n) is 7.47. The summed E-state index contributed by atoms with van der Waals surface area (Å²) in [4.78, 5) is 14.5. The van der Waals surface area contributed by atoms with Crippen molar-refractivity contribution in [2.75, 3.05) is 19.3 Å². The molecule has 162 valence electrons. The van der Waals surface area contributed by atoms with E-state index in [1.807, 2.05) is 0 Å². The first-order valence-corrected chi connectivity index (χ1v) is 11.5. The van der Waals surface area contributed by atoms with Gasteiger partial charge in [0, 0.05) is 19.1 Å². The van der Waals surface area contributed by atoms with Crippen LogP contribution in [0.3, 0.4) is 0 Å². The summed E-state index contributed by atoms with van der Waals surface area (Å²) < 4.78 is 67.8. The number of likely N-dealkylation sites (tertiary alicyclic amines) is 1. The van der Waals surface area contributed by atoms with Crippen molar-refractivity contribution in [2.45, 2.75) is 31.7 Å². The first-order chi connectivity index (χ1) is 14.1. The quantitative estimate of drug-likeness (QED) is 0.776. The third-order valence-electron chi connectivity index (χ3n) is 5.11. The number of nitrogens with zero attached hydrogens (tertiary/aromatic N) is 1. The van der Waals surface area contributed by atoms with Crippen molar-refractivity contribution in [3.05, 3.63) is 59.4 Å². The predicted octanol–water partition coefficient (Wildman–Crippen LogP) is 3.24. The van der Waals surface area contributed by atoms with Crippen molar-refractivity contribution in [3.63, 3.8) is 0 Å². The van der Waals surface area contributed by atoms with Gasteiger partial charge < -0.3 is 4.90 Å². The molecule has 5 nitrogen and oxygen atoms in total. The van der Waals surface area contributed by atoms with Gasteiger partial charge >= 0.3 is 0 Å². The Morgan fingerprint density at radius 1 is 1.10 bits per heavy atom. The fourth-order valence-electron chi connectivity index (χ4n) is 3.73. The third-order valence-corrected chi connectivity index (χ3v) is 5.87. The van der Waals surface area contributed by atoms with Crippen LogP contribution in [0.15, 0.2) is 36.4 Å². The Kier molecular flexibility index (Phi) is 6.82. The largest absolute Gasteiger partial charge is 0.342 e. The smallest absolute Gasteiger partial charge is 0.227 e. The van der Waals surface area contributed by atoms with Crippen LogP contribution in [0, 0.1) is 17.5 Å². The van der Waals surface area contributed by atoms with E-state index in [4.69, 9.17) is 0 Å². The number of hydrogen-bond acceptors (Lipinski definition) is 3. The minimum Gasteiger partial charge on any atom is -0.342 e. The molecule has 30 heavy (non-hydrogen) atoms. The molecule has 0 spiro atoms.